The van der Waals surface area contributed by atoms with Gasteiger partial charge in [-0.3, -0.25) is 4.79 Å². The predicted octanol–water partition coefficient (Wildman–Crippen LogP) is 2.15. The number of nitrogens with zero attached hydrogens (tertiary/aromatic N) is 6. The number of carbonyl (C=O) groups excluding carboxylic acids is 1. The van der Waals surface area contributed by atoms with E-state index in [1.807, 2.05) is 30.0 Å². The second kappa shape index (κ2) is 8.55. The molecule has 7 nitrogen and oxygen atoms in total. The molecule has 0 bridgehead atoms. The van der Waals surface area contributed by atoms with Crippen molar-refractivity contribution < 1.29 is 4.79 Å². The van der Waals surface area contributed by atoms with Crippen LogP contribution in [-0.2, 0) is 0 Å². The van der Waals surface area contributed by atoms with Gasteiger partial charge in [-0.1, -0.05) is 17.7 Å². The number of likely N-dealkylation sites (N-methyl/N-ethyl adjacent to an activating group) is 1. The van der Waals surface area contributed by atoms with Gasteiger partial charge in [0.05, 0.1) is 11.3 Å². The molecule has 0 unspecified atom stereocenters. The summed E-state index contributed by atoms with van der Waals surface area (Å²) in [6.07, 6.45) is 1.70. The highest BCUT2D eigenvalue weighted by molar-refractivity contribution is 6.30. The Hall–Kier alpha value is -2.38. The van der Waals surface area contributed by atoms with Crippen molar-refractivity contribution in [3.8, 4) is 0 Å². The Kier molecular flexibility index (Phi) is 5.87. The van der Waals surface area contributed by atoms with E-state index in [0.29, 0.717) is 18.7 Å². The molecule has 0 saturated carbocycles. The van der Waals surface area contributed by atoms with Crippen LogP contribution in [0.4, 0.5) is 11.6 Å². The van der Waals surface area contributed by atoms with Crippen molar-refractivity contribution >= 4 is 29.1 Å². The molecule has 2 fully saturated rings. The SMILES string of the molecule is Cc1nc(N2CCN(C)CC2)ncc1C(=O)N1CCN(c2cccc(Cl)c2)CC1. The van der Waals surface area contributed by atoms with Crippen molar-refractivity contribution in [2.45, 2.75) is 6.92 Å². The molecule has 0 radical (unpaired) electrons. The average Bonchev–Trinajstić information content (AvgIpc) is 2.74. The molecule has 2 aromatic rings. The monoisotopic (exact) mass is 414 g/mol. The van der Waals surface area contributed by atoms with E-state index in [-0.39, 0.29) is 5.91 Å². The van der Waals surface area contributed by atoms with Gasteiger partial charge < -0.3 is 19.6 Å². The van der Waals surface area contributed by atoms with Crippen LogP contribution in [0.15, 0.2) is 30.5 Å². The third kappa shape index (κ3) is 4.46. The average molecular weight is 415 g/mol. The Morgan fingerprint density at radius 1 is 1.00 bits per heavy atom. The van der Waals surface area contributed by atoms with E-state index < -0.39 is 0 Å². The molecular weight excluding hydrogens is 388 g/mol. The molecule has 0 N–H and O–H groups in total. The van der Waals surface area contributed by atoms with Gasteiger partial charge in [0.1, 0.15) is 0 Å². The third-order valence-electron chi connectivity index (χ3n) is 5.72. The fourth-order valence-electron chi connectivity index (χ4n) is 3.83. The van der Waals surface area contributed by atoms with Crippen LogP contribution in [0.3, 0.4) is 0 Å². The molecule has 1 aromatic heterocycles. The van der Waals surface area contributed by atoms with Gasteiger partial charge in [-0.15, -0.1) is 0 Å². The zero-order valence-corrected chi connectivity index (χ0v) is 17.8. The second-order valence-corrected chi connectivity index (χ2v) is 8.15. The maximum Gasteiger partial charge on any atom is 0.257 e. The highest BCUT2D eigenvalue weighted by Crippen LogP contribution is 2.22. The summed E-state index contributed by atoms with van der Waals surface area (Å²) in [7, 11) is 2.12. The van der Waals surface area contributed by atoms with Crippen LogP contribution in [0.25, 0.3) is 0 Å². The first kappa shape index (κ1) is 19.9. The second-order valence-electron chi connectivity index (χ2n) is 7.72. The van der Waals surface area contributed by atoms with E-state index in [1.165, 1.54) is 0 Å². The molecule has 2 saturated heterocycles. The largest absolute Gasteiger partial charge is 0.368 e. The van der Waals surface area contributed by atoms with Gasteiger partial charge in [0.25, 0.3) is 5.91 Å². The van der Waals surface area contributed by atoms with Crippen molar-refractivity contribution in [1.82, 2.24) is 19.8 Å². The lowest BCUT2D eigenvalue weighted by Gasteiger charge is -2.36. The number of benzene rings is 1. The fourth-order valence-corrected chi connectivity index (χ4v) is 4.02. The molecule has 8 heteroatoms. The van der Waals surface area contributed by atoms with Crippen molar-refractivity contribution in [2.24, 2.45) is 0 Å². The molecule has 2 aliphatic heterocycles. The molecule has 3 heterocycles. The number of piperazine rings is 2. The Morgan fingerprint density at radius 2 is 1.69 bits per heavy atom. The first-order chi connectivity index (χ1) is 14.0. The number of carbonyl (C=O) groups is 1. The van der Waals surface area contributed by atoms with Crippen molar-refractivity contribution in [3.63, 3.8) is 0 Å². The summed E-state index contributed by atoms with van der Waals surface area (Å²) in [5.74, 6) is 0.732. The summed E-state index contributed by atoms with van der Waals surface area (Å²) in [6.45, 7) is 8.63. The first-order valence-corrected chi connectivity index (χ1v) is 10.5. The number of halogens is 1. The van der Waals surface area contributed by atoms with Gasteiger partial charge in [-0.2, -0.15) is 0 Å². The lowest BCUT2D eigenvalue weighted by Crippen LogP contribution is -2.49. The van der Waals surface area contributed by atoms with Gasteiger partial charge in [0.2, 0.25) is 5.95 Å². The molecule has 1 aromatic carbocycles. The van der Waals surface area contributed by atoms with Crippen LogP contribution in [0.5, 0.6) is 0 Å². The number of aryl methyl sites for hydroxylation is 1. The molecule has 154 valence electrons. The van der Waals surface area contributed by atoms with E-state index in [1.54, 1.807) is 6.20 Å². The van der Waals surface area contributed by atoms with E-state index in [0.717, 1.165) is 61.6 Å². The molecule has 0 aliphatic carbocycles. The third-order valence-corrected chi connectivity index (χ3v) is 5.96. The zero-order chi connectivity index (χ0) is 20.4. The van der Waals surface area contributed by atoms with Gasteiger partial charge in [-0.05, 0) is 32.2 Å². The number of anilines is 2. The summed E-state index contributed by atoms with van der Waals surface area (Å²) in [5.41, 5.74) is 2.44. The van der Waals surface area contributed by atoms with Crippen molar-refractivity contribution in [3.05, 3.63) is 46.7 Å². The summed E-state index contributed by atoms with van der Waals surface area (Å²) in [6, 6.07) is 7.85. The van der Waals surface area contributed by atoms with E-state index in [2.05, 4.69) is 37.8 Å². The van der Waals surface area contributed by atoms with E-state index in [4.69, 9.17) is 11.6 Å². The van der Waals surface area contributed by atoms with Crippen molar-refractivity contribution in [1.29, 1.82) is 0 Å². The summed E-state index contributed by atoms with van der Waals surface area (Å²) >= 11 is 6.11. The van der Waals surface area contributed by atoms with E-state index in [9.17, 15) is 4.79 Å². The Bertz CT molecular complexity index is 875. The minimum Gasteiger partial charge on any atom is -0.368 e. The van der Waals surface area contributed by atoms with Crippen LogP contribution in [0, 0.1) is 6.92 Å². The van der Waals surface area contributed by atoms with Gasteiger partial charge in [0, 0.05) is 69.3 Å². The molecule has 29 heavy (non-hydrogen) atoms. The summed E-state index contributed by atoms with van der Waals surface area (Å²) in [4.78, 5) is 30.8. The maximum atomic E-state index is 13.0. The standard InChI is InChI=1S/C21H27ClN6O/c1-16-19(15-23-21(24-16)28-8-6-25(2)7-9-28)20(29)27-12-10-26(11-13-27)18-5-3-4-17(22)14-18/h3-5,14-15H,6-13H2,1-2H3. The minimum absolute atomic E-state index is 0.0122. The summed E-state index contributed by atoms with van der Waals surface area (Å²) in [5, 5.41) is 0.731. The van der Waals surface area contributed by atoms with Crippen LogP contribution < -0.4 is 9.80 Å². The number of hydrogen-bond donors (Lipinski definition) is 0. The maximum absolute atomic E-state index is 13.0. The summed E-state index contributed by atoms with van der Waals surface area (Å²) < 4.78 is 0. The minimum atomic E-state index is 0.0122. The van der Waals surface area contributed by atoms with Crippen LogP contribution in [0.2, 0.25) is 5.02 Å². The van der Waals surface area contributed by atoms with Crippen LogP contribution in [-0.4, -0.2) is 85.1 Å². The Labute approximate surface area is 176 Å². The zero-order valence-electron chi connectivity index (χ0n) is 17.0. The highest BCUT2D eigenvalue weighted by Gasteiger charge is 2.25. The normalized spacial score (nSPS) is 18.2. The molecule has 1 amide bonds. The number of amides is 1. The predicted molar refractivity (Wildman–Crippen MR) is 116 cm³/mol. The van der Waals surface area contributed by atoms with Gasteiger partial charge in [0.15, 0.2) is 0 Å². The molecule has 2 aliphatic rings. The quantitative estimate of drug-likeness (QED) is 0.767. The number of rotatable bonds is 3. The lowest BCUT2D eigenvalue weighted by molar-refractivity contribution is 0.0745. The highest BCUT2D eigenvalue weighted by atomic mass is 35.5. The molecular formula is C21H27ClN6O. The Morgan fingerprint density at radius 3 is 2.34 bits per heavy atom. The fraction of sp³-hybridized carbons (Fsp3) is 0.476. The number of aromatic nitrogens is 2. The lowest BCUT2D eigenvalue weighted by atomic mass is 10.2. The number of hydrogen-bond acceptors (Lipinski definition) is 6. The van der Waals surface area contributed by atoms with Crippen LogP contribution >= 0.6 is 11.6 Å². The van der Waals surface area contributed by atoms with Gasteiger partial charge in [-0.25, -0.2) is 9.97 Å². The molecule has 0 atom stereocenters. The van der Waals surface area contributed by atoms with E-state index >= 15 is 0 Å². The molecule has 0 spiro atoms. The molecule has 4 rings (SSSR count). The Balaban J connectivity index is 1.40. The van der Waals surface area contributed by atoms with Crippen molar-refractivity contribution in [2.75, 3.05) is 69.2 Å². The first-order valence-electron chi connectivity index (χ1n) is 10.1. The van der Waals surface area contributed by atoms with Crippen LogP contribution in [0.1, 0.15) is 16.1 Å². The van der Waals surface area contributed by atoms with Gasteiger partial charge >= 0.3 is 0 Å². The topological polar surface area (TPSA) is 55.8 Å². The smallest absolute Gasteiger partial charge is 0.257 e.